The maximum absolute atomic E-state index is 6.62. The molecule has 0 fully saturated rings. The van der Waals surface area contributed by atoms with Gasteiger partial charge in [0, 0.05) is 18.9 Å². The van der Waals surface area contributed by atoms with Gasteiger partial charge in [-0.3, -0.25) is 0 Å². The van der Waals surface area contributed by atoms with Crippen molar-refractivity contribution in [1.29, 1.82) is 0 Å². The summed E-state index contributed by atoms with van der Waals surface area (Å²) in [6.45, 7) is 10.2. The first-order valence-electron chi connectivity index (χ1n) is 3.71. The molecule has 0 aliphatic heterocycles. The van der Waals surface area contributed by atoms with Crippen LogP contribution in [0.1, 0.15) is 12.7 Å². The van der Waals surface area contributed by atoms with Gasteiger partial charge in [0.25, 0.3) is 0 Å². The van der Waals surface area contributed by atoms with E-state index in [2.05, 4.69) is 21.3 Å². The summed E-state index contributed by atoms with van der Waals surface area (Å²) < 4.78 is 2.06. The first-order valence-corrected chi connectivity index (χ1v) is 3.71. The van der Waals surface area contributed by atoms with E-state index in [0.717, 1.165) is 18.8 Å². The molecule has 58 valence electrons. The van der Waals surface area contributed by atoms with Gasteiger partial charge in [-0.2, -0.15) is 0 Å². The summed E-state index contributed by atoms with van der Waals surface area (Å²) in [4.78, 5) is 7.43. The van der Waals surface area contributed by atoms with Crippen molar-refractivity contribution in [2.45, 2.75) is 19.9 Å². The first-order chi connectivity index (χ1) is 5.38. The van der Waals surface area contributed by atoms with Crippen molar-refractivity contribution in [2.24, 2.45) is 0 Å². The van der Waals surface area contributed by atoms with Crippen molar-refractivity contribution < 1.29 is 0 Å². The molecule has 0 amide bonds. The Kier molecular flexibility index (Phi) is 2.67. The lowest BCUT2D eigenvalue weighted by molar-refractivity contribution is 0.701. The molecule has 0 unspecified atom stereocenters. The van der Waals surface area contributed by atoms with Crippen molar-refractivity contribution in [3.63, 3.8) is 0 Å². The second-order valence-electron chi connectivity index (χ2n) is 2.26. The second-order valence-corrected chi connectivity index (χ2v) is 2.26. The molecule has 0 aromatic carbocycles. The fourth-order valence-electron chi connectivity index (χ4n) is 1.01. The number of hydrogen-bond acceptors (Lipinski definition) is 1. The number of rotatable bonds is 3. The zero-order chi connectivity index (χ0) is 8.10. The van der Waals surface area contributed by atoms with Gasteiger partial charge in [0.1, 0.15) is 5.82 Å². The van der Waals surface area contributed by atoms with E-state index in [-0.39, 0.29) is 0 Å². The monoisotopic (exact) mass is 149 g/mol. The van der Waals surface area contributed by atoms with Crippen LogP contribution in [0.15, 0.2) is 12.4 Å². The number of nitrogens with zero attached hydrogens (tertiary/aromatic N) is 3. The van der Waals surface area contributed by atoms with Crippen molar-refractivity contribution in [1.82, 2.24) is 9.55 Å². The van der Waals surface area contributed by atoms with E-state index in [9.17, 15) is 0 Å². The standard InChI is InChI=1S/C8H11N3/c1-3-11-7-6-10-8(11)4-5-9-2/h6-7H,3-5H2,1H3. The third-order valence-corrected chi connectivity index (χ3v) is 1.59. The Labute approximate surface area is 66.5 Å². The van der Waals surface area contributed by atoms with Crippen molar-refractivity contribution in [3.05, 3.63) is 29.6 Å². The zero-order valence-electron chi connectivity index (χ0n) is 6.62. The van der Waals surface area contributed by atoms with Gasteiger partial charge in [0.2, 0.25) is 6.54 Å². The first kappa shape index (κ1) is 7.80. The Hall–Kier alpha value is -1.30. The van der Waals surface area contributed by atoms with E-state index in [1.165, 1.54) is 0 Å². The van der Waals surface area contributed by atoms with Gasteiger partial charge >= 0.3 is 0 Å². The minimum atomic E-state index is 0.539. The summed E-state index contributed by atoms with van der Waals surface area (Å²) in [5, 5.41) is 0. The molecule has 0 spiro atoms. The zero-order valence-corrected chi connectivity index (χ0v) is 6.62. The van der Waals surface area contributed by atoms with Gasteiger partial charge in [-0.25, -0.2) is 11.6 Å². The number of hydrogen-bond donors (Lipinski definition) is 0. The van der Waals surface area contributed by atoms with Gasteiger partial charge in [-0.1, -0.05) is 0 Å². The van der Waals surface area contributed by atoms with Crippen LogP contribution in [-0.2, 0) is 13.0 Å². The molecule has 0 atom stereocenters. The Morgan fingerprint density at radius 3 is 3.18 bits per heavy atom. The fourth-order valence-corrected chi connectivity index (χ4v) is 1.01. The quantitative estimate of drug-likeness (QED) is 0.595. The summed E-state index contributed by atoms with van der Waals surface area (Å²) in [5.41, 5.74) is 0. The summed E-state index contributed by atoms with van der Waals surface area (Å²) in [6.07, 6.45) is 4.49. The van der Waals surface area contributed by atoms with E-state index in [4.69, 9.17) is 6.57 Å². The van der Waals surface area contributed by atoms with Gasteiger partial charge < -0.3 is 9.41 Å². The van der Waals surface area contributed by atoms with Crippen molar-refractivity contribution in [3.8, 4) is 0 Å². The molecule has 0 aliphatic rings. The van der Waals surface area contributed by atoms with Crippen LogP contribution >= 0.6 is 0 Å². The predicted octanol–water partition coefficient (Wildman–Crippen LogP) is 1.36. The summed E-state index contributed by atoms with van der Waals surface area (Å²) in [5.74, 6) is 1.02. The molecule has 1 rings (SSSR count). The maximum atomic E-state index is 6.62. The van der Waals surface area contributed by atoms with Crippen LogP contribution < -0.4 is 0 Å². The molecule has 1 heterocycles. The number of aromatic nitrogens is 2. The summed E-state index contributed by atoms with van der Waals surface area (Å²) >= 11 is 0. The van der Waals surface area contributed by atoms with Crippen LogP contribution in [0, 0.1) is 6.57 Å². The SMILES string of the molecule is [C-]#[N+]CCc1nccn1CC. The highest BCUT2D eigenvalue weighted by molar-refractivity contribution is 4.93. The Bertz CT molecular complexity index is 257. The molecule has 1 aromatic rings. The smallest absolute Gasteiger partial charge is 0.221 e. The van der Waals surface area contributed by atoms with Crippen LogP contribution in [0.2, 0.25) is 0 Å². The Morgan fingerprint density at radius 1 is 1.73 bits per heavy atom. The van der Waals surface area contributed by atoms with E-state index in [0.29, 0.717) is 6.54 Å². The molecule has 3 nitrogen and oxygen atoms in total. The van der Waals surface area contributed by atoms with E-state index < -0.39 is 0 Å². The van der Waals surface area contributed by atoms with Gasteiger partial charge in [-0.15, -0.1) is 0 Å². The maximum Gasteiger partial charge on any atom is 0.221 e. The molecule has 11 heavy (non-hydrogen) atoms. The highest BCUT2D eigenvalue weighted by Gasteiger charge is 2.00. The Morgan fingerprint density at radius 2 is 2.55 bits per heavy atom. The average molecular weight is 149 g/mol. The molecule has 0 bridgehead atoms. The lowest BCUT2D eigenvalue weighted by Gasteiger charge is -1.99. The van der Waals surface area contributed by atoms with E-state index in [1.54, 1.807) is 6.20 Å². The van der Waals surface area contributed by atoms with E-state index >= 15 is 0 Å². The molecule has 0 saturated heterocycles. The molecule has 0 aliphatic carbocycles. The van der Waals surface area contributed by atoms with Crippen LogP contribution in [-0.4, -0.2) is 16.1 Å². The third kappa shape index (κ3) is 1.81. The van der Waals surface area contributed by atoms with Gasteiger partial charge in [0.15, 0.2) is 0 Å². The average Bonchev–Trinajstić information content (AvgIpc) is 2.47. The number of aryl methyl sites for hydroxylation is 1. The van der Waals surface area contributed by atoms with Crippen LogP contribution in [0.4, 0.5) is 0 Å². The molecule has 0 N–H and O–H groups in total. The minimum absolute atomic E-state index is 0.539. The predicted molar refractivity (Wildman–Crippen MR) is 43.1 cm³/mol. The third-order valence-electron chi connectivity index (χ3n) is 1.59. The molecule has 3 heteroatoms. The topological polar surface area (TPSA) is 22.2 Å². The minimum Gasteiger partial charge on any atom is -0.335 e. The number of imidazole rings is 1. The normalized spacial score (nSPS) is 9.45. The van der Waals surface area contributed by atoms with Gasteiger partial charge in [-0.05, 0) is 6.92 Å². The van der Waals surface area contributed by atoms with E-state index in [1.807, 2.05) is 6.20 Å². The van der Waals surface area contributed by atoms with Crippen LogP contribution in [0.3, 0.4) is 0 Å². The largest absolute Gasteiger partial charge is 0.335 e. The highest BCUT2D eigenvalue weighted by atomic mass is 15.1. The summed E-state index contributed by atoms with van der Waals surface area (Å²) in [7, 11) is 0. The van der Waals surface area contributed by atoms with Crippen LogP contribution in [0.25, 0.3) is 4.85 Å². The lowest BCUT2D eigenvalue weighted by Crippen LogP contribution is -2.01. The van der Waals surface area contributed by atoms with Crippen LogP contribution in [0.5, 0.6) is 0 Å². The molecule has 0 radical (unpaired) electrons. The molecule has 0 saturated carbocycles. The van der Waals surface area contributed by atoms with Crippen molar-refractivity contribution >= 4 is 0 Å². The fraction of sp³-hybridized carbons (Fsp3) is 0.500. The summed E-state index contributed by atoms with van der Waals surface area (Å²) in [6, 6.07) is 0. The Balaban J connectivity index is 2.62. The second kappa shape index (κ2) is 3.77. The highest BCUT2D eigenvalue weighted by Crippen LogP contribution is 1.98. The van der Waals surface area contributed by atoms with Crippen molar-refractivity contribution in [2.75, 3.05) is 6.54 Å². The lowest BCUT2D eigenvalue weighted by atomic mass is 10.4. The molecule has 1 aromatic heterocycles. The molecular weight excluding hydrogens is 138 g/mol. The molecular formula is C8H11N3. The van der Waals surface area contributed by atoms with Gasteiger partial charge in [0.05, 0.1) is 6.42 Å².